The van der Waals surface area contributed by atoms with Crippen molar-refractivity contribution in [2.75, 3.05) is 7.11 Å². The molecular weight excluding hydrogens is 380 g/mol. The number of nitrogens with one attached hydrogen (secondary N) is 1. The molecule has 0 atom stereocenters. The Hall–Kier alpha value is -3.58. The minimum absolute atomic E-state index is 0. The number of nitrogen functional groups attached to an aromatic ring is 1. The van der Waals surface area contributed by atoms with Crippen LogP contribution in [0.5, 0.6) is 0 Å². The van der Waals surface area contributed by atoms with Gasteiger partial charge in [-0.1, -0.05) is 12.1 Å². The number of aromatic nitrogens is 2. The van der Waals surface area contributed by atoms with Crippen molar-refractivity contribution >= 4 is 30.3 Å². The van der Waals surface area contributed by atoms with Crippen molar-refractivity contribution in [2.45, 2.75) is 0 Å². The summed E-state index contributed by atoms with van der Waals surface area (Å²) in [5.41, 5.74) is 8.03. The summed E-state index contributed by atoms with van der Waals surface area (Å²) in [6.07, 6.45) is 6.33. The standard InChI is InChI=1S/C20H18N4O3.ClH/c1-27-18(25)11-4-14-2-7-16(8-3-14)23-12-13-24(20(23)26)17-9-5-15(6-10-17)19(21)22;/h2-13H,1H3,(H3,21,22);1H. The summed E-state index contributed by atoms with van der Waals surface area (Å²) in [5.74, 6) is -0.448. The van der Waals surface area contributed by atoms with Crippen LogP contribution in [0.2, 0.25) is 0 Å². The third-order valence-electron chi connectivity index (χ3n) is 4.02. The highest BCUT2D eigenvalue weighted by Crippen LogP contribution is 2.12. The lowest BCUT2D eigenvalue weighted by molar-refractivity contribution is -0.134. The second kappa shape index (κ2) is 8.88. The Morgan fingerprint density at radius 2 is 1.50 bits per heavy atom. The topological polar surface area (TPSA) is 103 Å². The van der Waals surface area contributed by atoms with E-state index in [-0.39, 0.29) is 23.9 Å². The van der Waals surface area contributed by atoms with Crippen LogP contribution in [0.4, 0.5) is 0 Å². The van der Waals surface area contributed by atoms with E-state index in [9.17, 15) is 9.59 Å². The molecule has 1 aromatic heterocycles. The molecule has 144 valence electrons. The first-order valence-electron chi connectivity index (χ1n) is 8.11. The highest BCUT2D eigenvalue weighted by molar-refractivity contribution is 5.95. The Balaban J connectivity index is 0.00000280. The number of halogens is 1. The third-order valence-corrected chi connectivity index (χ3v) is 4.02. The quantitative estimate of drug-likeness (QED) is 0.298. The van der Waals surface area contributed by atoms with Crippen LogP contribution in [-0.4, -0.2) is 28.0 Å². The Kier molecular flexibility index (Phi) is 6.57. The first-order valence-corrected chi connectivity index (χ1v) is 8.11. The number of carbonyl (C=O) groups excluding carboxylic acids is 1. The van der Waals surface area contributed by atoms with Crippen molar-refractivity contribution < 1.29 is 9.53 Å². The molecule has 1 heterocycles. The van der Waals surface area contributed by atoms with E-state index in [4.69, 9.17) is 11.1 Å². The van der Waals surface area contributed by atoms with Crippen molar-refractivity contribution in [2.24, 2.45) is 5.73 Å². The Labute approximate surface area is 167 Å². The van der Waals surface area contributed by atoms with Crippen LogP contribution in [-0.2, 0) is 9.53 Å². The number of imidazole rings is 1. The maximum atomic E-state index is 12.7. The molecule has 0 saturated carbocycles. The highest BCUT2D eigenvalue weighted by atomic mass is 35.5. The number of benzene rings is 2. The molecule has 0 bridgehead atoms. The number of esters is 1. The fraction of sp³-hybridized carbons (Fsp3) is 0.0500. The summed E-state index contributed by atoms with van der Waals surface area (Å²) in [6.45, 7) is 0. The highest BCUT2D eigenvalue weighted by Gasteiger charge is 2.07. The van der Waals surface area contributed by atoms with Gasteiger partial charge in [0.25, 0.3) is 0 Å². The largest absolute Gasteiger partial charge is 0.466 e. The maximum absolute atomic E-state index is 12.7. The SMILES string of the molecule is COC(=O)C=Cc1ccc(-n2ccn(-c3ccc(C(=N)N)cc3)c2=O)cc1.Cl. The number of nitrogens with zero attached hydrogens (tertiary/aromatic N) is 2. The minimum atomic E-state index is -0.428. The van der Waals surface area contributed by atoms with E-state index >= 15 is 0 Å². The van der Waals surface area contributed by atoms with Gasteiger partial charge >= 0.3 is 11.7 Å². The lowest BCUT2D eigenvalue weighted by Crippen LogP contribution is -2.21. The van der Waals surface area contributed by atoms with E-state index in [1.807, 2.05) is 0 Å². The lowest BCUT2D eigenvalue weighted by Gasteiger charge is -2.04. The van der Waals surface area contributed by atoms with Gasteiger partial charge in [-0.05, 0) is 48.0 Å². The molecule has 7 nitrogen and oxygen atoms in total. The first kappa shape index (κ1) is 20.7. The molecule has 3 aromatic rings. The van der Waals surface area contributed by atoms with Crippen molar-refractivity contribution in [1.82, 2.24) is 9.13 Å². The molecular formula is C20H19ClN4O3. The van der Waals surface area contributed by atoms with E-state index < -0.39 is 5.97 Å². The molecule has 0 fully saturated rings. The Morgan fingerprint density at radius 3 is 1.96 bits per heavy atom. The van der Waals surface area contributed by atoms with Crippen LogP contribution in [0.25, 0.3) is 17.5 Å². The van der Waals surface area contributed by atoms with E-state index in [1.54, 1.807) is 67.0 Å². The molecule has 0 spiro atoms. The van der Waals surface area contributed by atoms with Crippen molar-refractivity contribution in [1.29, 1.82) is 5.41 Å². The zero-order chi connectivity index (χ0) is 19.4. The van der Waals surface area contributed by atoms with Gasteiger partial charge in [-0.15, -0.1) is 12.4 Å². The number of ether oxygens (including phenoxy) is 1. The second-order valence-corrected chi connectivity index (χ2v) is 5.73. The van der Waals surface area contributed by atoms with Crippen LogP contribution in [0.1, 0.15) is 11.1 Å². The fourth-order valence-electron chi connectivity index (χ4n) is 2.55. The van der Waals surface area contributed by atoms with Crippen LogP contribution in [0.15, 0.2) is 71.8 Å². The zero-order valence-corrected chi connectivity index (χ0v) is 15.8. The minimum Gasteiger partial charge on any atom is -0.466 e. The Bertz CT molecular complexity index is 1060. The number of hydrogen-bond donors (Lipinski definition) is 2. The molecule has 0 radical (unpaired) electrons. The van der Waals surface area contributed by atoms with E-state index in [0.29, 0.717) is 16.9 Å². The molecule has 0 aliphatic heterocycles. The molecule has 0 amide bonds. The van der Waals surface area contributed by atoms with Gasteiger partial charge in [-0.25, -0.2) is 9.59 Å². The van der Waals surface area contributed by atoms with Crippen LogP contribution >= 0.6 is 12.4 Å². The molecule has 8 heteroatoms. The number of carbonyl (C=O) groups is 1. The molecule has 0 aliphatic rings. The fourth-order valence-corrected chi connectivity index (χ4v) is 2.55. The summed E-state index contributed by atoms with van der Waals surface area (Å²) in [5, 5.41) is 7.43. The molecule has 3 rings (SSSR count). The number of methoxy groups -OCH3 is 1. The zero-order valence-electron chi connectivity index (χ0n) is 15.0. The van der Waals surface area contributed by atoms with Gasteiger partial charge in [-0.3, -0.25) is 14.5 Å². The molecule has 28 heavy (non-hydrogen) atoms. The number of hydrogen-bond acceptors (Lipinski definition) is 4. The van der Waals surface area contributed by atoms with Crippen LogP contribution in [0, 0.1) is 5.41 Å². The van der Waals surface area contributed by atoms with E-state index in [0.717, 1.165) is 5.56 Å². The van der Waals surface area contributed by atoms with Gasteiger partial charge in [0.05, 0.1) is 18.5 Å². The molecule has 3 N–H and O–H groups in total. The number of rotatable bonds is 5. The number of nitrogens with two attached hydrogens (primary N) is 1. The lowest BCUT2D eigenvalue weighted by atomic mass is 10.2. The van der Waals surface area contributed by atoms with Crippen LogP contribution < -0.4 is 11.4 Å². The van der Waals surface area contributed by atoms with Gasteiger partial charge in [0, 0.05) is 24.0 Å². The molecule has 0 unspecified atom stereocenters. The van der Waals surface area contributed by atoms with Gasteiger partial charge < -0.3 is 10.5 Å². The normalized spacial score (nSPS) is 10.5. The van der Waals surface area contributed by atoms with Crippen molar-refractivity contribution in [3.8, 4) is 11.4 Å². The molecule has 2 aromatic carbocycles. The first-order chi connectivity index (χ1) is 13.0. The average Bonchev–Trinajstić information content (AvgIpc) is 3.08. The summed E-state index contributed by atoms with van der Waals surface area (Å²) in [7, 11) is 1.32. The van der Waals surface area contributed by atoms with Gasteiger partial charge in [0.1, 0.15) is 5.84 Å². The number of amidine groups is 1. The monoisotopic (exact) mass is 398 g/mol. The van der Waals surface area contributed by atoms with E-state index in [1.165, 1.54) is 22.3 Å². The summed E-state index contributed by atoms with van der Waals surface area (Å²) < 4.78 is 7.58. The maximum Gasteiger partial charge on any atom is 0.337 e. The van der Waals surface area contributed by atoms with Crippen molar-refractivity contribution in [3.05, 3.63) is 88.6 Å². The van der Waals surface area contributed by atoms with Crippen LogP contribution in [0.3, 0.4) is 0 Å². The van der Waals surface area contributed by atoms with Gasteiger partial charge in [-0.2, -0.15) is 0 Å². The Morgan fingerprint density at radius 1 is 1.00 bits per heavy atom. The third kappa shape index (κ3) is 4.39. The van der Waals surface area contributed by atoms with Crippen molar-refractivity contribution in [3.63, 3.8) is 0 Å². The smallest absolute Gasteiger partial charge is 0.337 e. The predicted octanol–water partition coefficient (Wildman–Crippen LogP) is 2.52. The predicted molar refractivity (Wildman–Crippen MR) is 111 cm³/mol. The molecule has 0 aliphatic carbocycles. The average molecular weight is 399 g/mol. The van der Waals surface area contributed by atoms with Gasteiger partial charge in [0.15, 0.2) is 0 Å². The summed E-state index contributed by atoms with van der Waals surface area (Å²) in [6, 6.07) is 14.1. The van der Waals surface area contributed by atoms with Gasteiger partial charge in [0.2, 0.25) is 0 Å². The molecule has 0 saturated heterocycles. The second-order valence-electron chi connectivity index (χ2n) is 5.73. The summed E-state index contributed by atoms with van der Waals surface area (Å²) >= 11 is 0. The van der Waals surface area contributed by atoms with E-state index in [2.05, 4.69) is 4.74 Å². The summed E-state index contributed by atoms with van der Waals surface area (Å²) in [4.78, 5) is 23.8.